The lowest BCUT2D eigenvalue weighted by atomic mass is 10.4. The zero-order valence-corrected chi connectivity index (χ0v) is 7.72. The van der Waals surface area contributed by atoms with Gasteiger partial charge in [0.1, 0.15) is 0 Å². The Kier molecular flexibility index (Phi) is 5.64. The Morgan fingerprint density at radius 1 is 1.00 bits per heavy atom. The number of rotatable bonds is 5. The van der Waals surface area contributed by atoms with Crippen LogP contribution in [0, 0.1) is 0 Å². The summed E-state index contributed by atoms with van der Waals surface area (Å²) in [6, 6.07) is 0. The van der Waals surface area contributed by atoms with E-state index in [0.717, 1.165) is 13.2 Å². The highest BCUT2D eigenvalue weighted by atomic mass is 15.3. The van der Waals surface area contributed by atoms with Crippen molar-refractivity contribution in [2.45, 2.75) is 20.3 Å². The fourth-order valence-electron chi connectivity index (χ4n) is 0.965. The van der Waals surface area contributed by atoms with Crippen molar-refractivity contribution < 1.29 is 0 Å². The van der Waals surface area contributed by atoms with E-state index in [4.69, 9.17) is 0 Å². The first-order chi connectivity index (χ1) is 4.70. The first-order valence-corrected chi connectivity index (χ1v) is 4.07. The van der Waals surface area contributed by atoms with Gasteiger partial charge in [0.15, 0.2) is 0 Å². The Balaban J connectivity index is 3.27. The Bertz CT molecular complexity index is 73.7. The topological polar surface area (TPSA) is 6.48 Å². The minimum atomic E-state index is 1.09. The summed E-state index contributed by atoms with van der Waals surface area (Å²) in [7, 11) is 4.31. The van der Waals surface area contributed by atoms with Gasteiger partial charge >= 0.3 is 0 Å². The number of nitrogens with zero attached hydrogens (tertiary/aromatic N) is 2. The van der Waals surface area contributed by atoms with E-state index < -0.39 is 0 Å². The Hall–Kier alpha value is -0.0800. The highest BCUT2D eigenvalue weighted by Gasteiger charge is 1.98. The van der Waals surface area contributed by atoms with Crippen molar-refractivity contribution in [3.63, 3.8) is 0 Å². The predicted octanol–water partition coefficient (Wildman–Crippen LogP) is 1.24. The molecule has 0 rings (SSSR count). The molecule has 0 aromatic carbocycles. The van der Waals surface area contributed by atoms with Crippen molar-refractivity contribution in [2.75, 3.05) is 33.9 Å². The standard InChI is InChI=1S/C8H20N2/c1-5-7-10(4)8-9(3)6-2/h5-8H2,1-4H3. The van der Waals surface area contributed by atoms with Crippen LogP contribution in [-0.4, -0.2) is 43.7 Å². The van der Waals surface area contributed by atoms with Crippen LogP contribution in [0.2, 0.25) is 0 Å². The molecule has 0 aromatic heterocycles. The van der Waals surface area contributed by atoms with Crippen LogP contribution in [0.4, 0.5) is 0 Å². The Morgan fingerprint density at radius 2 is 1.60 bits per heavy atom. The Labute approximate surface area is 64.8 Å². The van der Waals surface area contributed by atoms with E-state index in [0.29, 0.717) is 0 Å². The van der Waals surface area contributed by atoms with Gasteiger partial charge in [0.05, 0.1) is 0 Å². The van der Waals surface area contributed by atoms with Crippen LogP contribution in [0.25, 0.3) is 0 Å². The van der Waals surface area contributed by atoms with E-state index in [1.165, 1.54) is 13.0 Å². The lowest BCUT2D eigenvalue weighted by Gasteiger charge is -2.22. The molecule has 0 heterocycles. The highest BCUT2D eigenvalue weighted by molar-refractivity contribution is 4.48. The summed E-state index contributed by atoms with van der Waals surface area (Å²) in [5.74, 6) is 0. The van der Waals surface area contributed by atoms with Crippen molar-refractivity contribution in [3.05, 3.63) is 0 Å². The summed E-state index contributed by atoms with van der Waals surface area (Å²) in [5.41, 5.74) is 0. The molecule has 0 radical (unpaired) electrons. The van der Waals surface area contributed by atoms with E-state index in [-0.39, 0.29) is 0 Å². The third kappa shape index (κ3) is 4.77. The zero-order valence-electron chi connectivity index (χ0n) is 7.72. The average molecular weight is 144 g/mol. The van der Waals surface area contributed by atoms with E-state index in [1.807, 2.05) is 0 Å². The minimum absolute atomic E-state index is 1.09. The van der Waals surface area contributed by atoms with E-state index in [1.54, 1.807) is 0 Å². The molecule has 0 unspecified atom stereocenters. The van der Waals surface area contributed by atoms with Gasteiger partial charge < -0.3 is 0 Å². The van der Waals surface area contributed by atoms with Crippen LogP contribution in [-0.2, 0) is 0 Å². The molecule has 0 saturated heterocycles. The van der Waals surface area contributed by atoms with Crippen LogP contribution in [0.1, 0.15) is 20.3 Å². The van der Waals surface area contributed by atoms with Gasteiger partial charge in [0, 0.05) is 6.67 Å². The van der Waals surface area contributed by atoms with Crippen molar-refractivity contribution >= 4 is 0 Å². The summed E-state index contributed by atoms with van der Waals surface area (Å²) >= 11 is 0. The third-order valence-electron chi connectivity index (χ3n) is 1.63. The monoisotopic (exact) mass is 144 g/mol. The van der Waals surface area contributed by atoms with E-state index in [2.05, 4.69) is 37.7 Å². The molecule has 0 aromatic rings. The summed E-state index contributed by atoms with van der Waals surface area (Å²) in [6.07, 6.45) is 1.24. The van der Waals surface area contributed by atoms with Gasteiger partial charge in [0.25, 0.3) is 0 Å². The molecule has 62 valence electrons. The van der Waals surface area contributed by atoms with Crippen LogP contribution < -0.4 is 0 Å². The first kappa shape index (κ1) is 9.92. The summed E-state index contributed by atoms with van der Waals surface area (Å²) < 4.78 is 0. The van der Waals surface area contributed by atoms with Gasteiger partial charge in [-0.2, -0.15) is 0 Å². The van der Waals surface area contributed by atoms with Crippen LogP contribution >= 0.6 is 0 Å². The second-order valence-corrected chi connectivity index (χ2v) is 2.89. The molecule has 0 aliphatic rings. The molecule has 0 aliphatic carbocycles. The maximum absolute atomic E-state index is 2.34. The van der Waals surface area contributed by atoms with E-state index >= 15 is 0 Å². The Morgan fingerprint density at radius 3 is 2.00 bits per heavy atom. The molecule has 0 spiro atoms. The lowest BCUT2D eigenvalue weighted by Crippen LogP contribution is -2.33. The molecule has 10 heavy (non-hydrogen) atoms. The molecule has 0 bridgehead atoms. The van der Waals surface area contributed by atoms with Gasteiger partial charge in [-0.3, -0.25) is 9.80 Å². The van der Waals surface area contributed by atoms with Crippen LogP contribution in [0.15, 0.2) is 0 Å². The summed E-state index contributed by atoms with van der Waals surface area (Å²) in [5, 5.41) is 0. The normalized spacial score (nSPS) is 11.4. The molecule has 2 nitrogen and oxygen atoms in total. The van der Waals surface area contributed by atoms with Gasteiger partial charge in [-0.25, -0.2) is 0 Å². The second kappa shape index (κ2) is 5.69. The molecule has 0 N–H and O–H groups in total. The van der Waals surface area contributed by atoms with Crippen molar-refractivity contribution in [1.82, 2.24) is 9.80 Å². The quantitative estimate of drug-likeness (QED) is 0.536. The molecule has 0 fully saturated rings. The SMILES string of the molecule is CCCN(C)CN(C)CC. The highest BCUT2D eigenvalue weighted by Crippen LogP contribution is 1.88. The fourth-order valence-corrected chi connectivity index (χ4v) is 0.965. The maximum Gasteiger partial charge on any atom is 0.0500 e. The smallest absolute Gasteiger partial charge is 0.0500 e. The molecule has 0 amide bonds. The minimum Gasteiger partial charge on any atom is -0.294 e. The first-order valence-electron chi connectivity index (χ1n) is 4.07. The molecule has 0 atom stereocenters. The molecule has 0 aliphatic heterocycles. The molecule has 0 saturated carbocycles. The van der Waals surface area contributed by atoms with Crippen LogP contribution in [0.5, 0.6) is 0 Å². The van der Waals surface area contributed by atoms with Gasteiger partial charge in [-0.05, 0) is 33.6 Å². The molecule has 2 heteroatoms. The second-order valence-electron chi connectivity index (χ2n) is 2.89. The largest absolute Gasteiger partial charge is 0.294 e. The van der Waals surface area contributed by atoms with Crippen molar-refractivity contribution in [3.8, 4) is 0 Å². The summed E-state index contributed by atoms with van der Waals surface area (Å²) in [6.45, 7) is 7.81. The van der Waals surface area contributed by atoms with Gasteiger partial charge in [-0.1, -0.05) is 13.8 Å². The van der Waals surface area contributed by atoms with Gasteiger partial charge in [0.2, 0.25) is 0 Å². The van der Waals surface area contributed by atoms with Crippen LogP contribution in [0.3, 0.4) is 0 Å². The fraction of sp³-hybridized carbons (Fsp3) is 1.00. The van der Waals surface area contributed by atoms with Crippen molar-refractivity contribution in [1.29, 1.82) is 0 Å². The van der Waals surface area contributed by atoms with Gasteiger partial charge in [-0.15, -0.1) is 0 Å². The molecular weight excluding hydrogens is 124 g/mol. The molecular formula is C8H20N2. The zero-order chi connectivity index (χ0) is 7.98. The average Bonchev–Trinajstić information content (AvgIpc) is 1.88. The number of hydrogen-bond acceptors (Lipinski definition) is 2. The third-order valence-corrected chi connectivity index (χ3v) is 1.63. The van der Waals surface area contributed by atoms with Crippen molar-refractivity contribution in [2.24, 2.45) is 0 Å². The number of hydrogen-bond donors (Lipinski definition) is 0. The lowest BCUT2D eigenvalue weighted by molar-refractivity contribution is 0.190. The summed E-state index contributed by atoms with van der Waals surface area (Å²) in [4.78, 5) is 4.64. The van der Waals surface area contributed by atoms with E-state index in [9.17, 15) is 0 Å². The maximum atomic E-state index is 2.34. The predicted molar refractivity (Wildman–Crippen MR) is 46.1 cm³/mol.